The fourth-order valence-corrected chi connectivity index (χ4v) is 8.25. The predicted molar refractivity (Wildman–Crippen MR) is 202 cm³/mol. The third-order valence-electron chi connectivity index (χ3n) is 11.3. The zero-order valence-electron chi connectivity index (χ0n) is 31.6. The highest BCUT2D eigenvalue weighted by molar-refractivity contribution is 5.97. The third-order valence-corrected chi connectivity index (χ3v) is 11.3. The Bertz CT molecular complexity index is 1910. The number of amides is 1. The van der Waals surface area contributed by atoms with Crippen LogP contribution in [0.1, 0.15) is 74.8 Å². The molecule has 0 radical (unpaired) electrons. The molecule has 9 heteroatoms. The highest BCUT2D eigenvalue weighted by atomic mass is 16.5. The van der Waals surface area contributed by atoms with E-state index >= 15 is 0 Å². The predicted octanol–water partition coefficient (Wildman–Crippen LogP) is 6.95. The number of piperidine rings is 1. The van der Waals surface area contributed by atoms with Gasteiger partial charge in [-0.15, -0.1) is 0 Å². The second-order valence-corrected chi connectivity index (χ2v) is 16.0. The molecule has 3 aliphatic rings. The molecule has 3 fully saturated rings. The van der Waals surface area contributed by atoms with Crippen LogP contribution >= 0.6 is 0 Å². The number of pyridine rings is 1. The van der Waals surface area contributed by atoms with Gasteiger partial charge in [-0.2, -0.15) is 5.26 Å². The van der Waals surface area contributed by atoms with E-state index < -0.39 is 0 Å². The molecular formula is C42H53N5O4. The Morgan fingerprint density at radius 2 is 1.69 bits per heavy atom. The highest BCUT2D eigenvalue weighted by Gasteiger charge is 2.45. The van der Waals surface area contributed by atoms with Crippen LogP contribution in [0.4, 0.5) is 5.69 Å². The van der Waals surface area contributed by atoms with Crippen LogP contribution in [0.3, 0.4) is 0 Å². The van der Waals surface area contributed by atoms with Gasteiger partial charge in [0.2, 0.25) is 0 Å². The Hall–Kier alpha value is -4.55. The number of rotatable bonds is 8. The smallest absolute Gasteiger partial charge is 0.264 e. The SMILES string of the molecule is COc1cc(-c2cn(C)c(=O)c(C)c2C)cc(OC)c1CN1CCC2(CC1)CN(c1cccc(C3CCCN3C(=O)C(C#N)=CC(C)(C)C)c1)C2. The fraction of sp³-hybridized carbons (Fsp3) is 0.500. The molecule has 51 heavy (non-hydrogen) atoms. The van der Waals surface area contributed by atoms with Crippen molar-refractivity contribution in [2.45, 2.75) is 72.9 Å². The standard InChI is InChI=1S/C42H53N5O4/c1-28-29(2)39(48)44(6)24-34(28)31-20-37(50-7)35(38(21-31)51-8)25-45-17-14-42(15-18-45)26-46(27-42)33-12-9-11-30(19-33)36-13-10-16-47(36)40(49)32(23-43)22-41(3,4)5/h9,11-12,19-22,24,36H,10,13-18,25-27H2,1-8H3. The summed E-state index contributed by atoms with van der Waals surface area (Å²) >= 11 is 0. The van der Waals surface area contributed by atoms with Crippen molar-refractivity contribution in [3.63, 3.8) is 0 Å². The number of methoxy groups -OCH3 is 2. The quantitative estimate of drug-likeness (QED) is 0.187. The van der Waals surface area contributed by atoms with Crippen LogP contribution in [0.2, 0.25) is 0 Å². The number of hydrogen-bond donors (Lipinski definition) is 0. The number of aryl methyl sites for hydroxylation is 1. The van der Waals surface area contributed by atoms with Crippen molar-refractivity contribution in [1.82, 2.24) is 14.4 Å². The lowest BCUT2D eigenvalue weighted by Gasteiger charge is -2.55. The molecule has 0 saturated carbocycles. The monoisotopic (exact) mass is 691 g/mol. The summed E-state index contributed by atoms with van der Waals surface area (Å²) in [7, 11) is 5.20. The number of hydrogen-bond acceptors (Lipinski definition) is 7. The average Bonchev–Trinajstić information content (AvgIpc) is 3.60. The summed E-state index contributed by atoms with van der Waals surface area (Å²) in [5.74, 6) is 1.43. The van der Waals surface area contributed by atoms with Crippen LogP contribution < -0.4 is 19.9 Å². The van der Waals surface area contributed by atoms with E-state index in [9.17, 15) is 14.9 Å². The summed E-state index contributed by atoms with van der Waals surface area (Å²) in [6.07, 6.45) is 7.80. The Morgan fingerprint density at radius 1 is 1.02 bits per heavy atom. The van der Waals surface area contributed by atoms with Gasteiger partial charge < -0.3 is 23.8 Å². The van der Waals surface area contributed by atoms with Crippen LogP contribution in [-0.2, 0) is 18.4 Å². The van der Waals surface area contributed by atoms with E-state index in [2.05, 4.69) is 52.3 Å². The molecule has 0 bridgehead atoms. The van der Waals surface area contributed by atoms with E-state index in [1.807, 2.05) is 45.7 Å². The lowest BCUT2D eigenvalue weighted by molar-refractivity contribution is -0.127. The van der Waals surface area contributed by atoms with Crippen molar-refractivity contribution in [3.05, 3.63) is 86.9 Å². The molecule has 1 amide bonds. The maximum Gasteiger partial charge on any atom is 0.264 e. The van der Waals surface area contributed by atoms with Gasteiger partial charge in [-0.25, -0.2) is 0 Å². The molecule has 9 nitrogen and oxygen atoms in total. The van der Waals surface area contributed by atoms with Crippen molar-refractivity contribution >= 4 is 11.6 Å². The third kappa shape index (κ3) is 7.30. The van der Waals surface area contributed by atoms with E-state index in [4.69, 9.17) is 9.47 Å². The van der Waals surface area contributed by atoms with Crippen molar-refractivity contribution in [2.75, 3.05) is 51.8 Å². The topological polar surface area (TPSA) is 91.0 Å². The van der Waals surface area contributed by atoms with Crippen LogP contribution in [-0.4, -0.2) is 67.2 Å². The second-order valence-electron chi connectivity index (χ2n) is 16.0. The summed E-state index contributed by atoms with van der Waals surface area (Å²) in [5.41, 5.74) is 7.39. The minimum absolute atomic E-state index is 0.00905. The van der Waals surface area contributed by atoms with E-state index in [1.165, 1.54) is 5.69 Å². The number of nitriles is 1. The number of benzene rings is 2. The molecule has 0 aliphatic carbocycles. The van der Waals surface area contributed by atoms with Gasteiger partial charge in [-0.05, 0) is 99.0 Å². The molecule has 1 aromatic heterocycles. The number of allylic oxidation sites excluding steroid dienone is 1. The van der Waals surface area contributed by atoms with Crippen molar-refractivity contribution in [3.8, 4) is 28.7 Å². The molecule has 1 atom stereocenters. The lowest BCUT2D eigenvalue weighted by atomic mass is 9.71. The Kier molecular flexibility index (Phi) is 10.1. The highest BCUT2D eigenvalue weighted by Crippen LogP contribution is 2.45. The molecule has 3 saturated heterocycles. The number of nitrogens with zero attached hydrogens (tertiary/aromatic N) is 5. The normalized spacial score (nSPS) is 19.2. The molecule has 3 aromatic rings. The molecule has 4 heterocycles. The first-order valence-electron chi connectivity index (χ1n) is 18.2. The summed E-state index contributed by atoms with van der Waals surface area (Å²) in [5, 5.41) is 9.78. The van der Waals surface area contributed by atoms with Gasteiger partial charge in [0.05, 0.1) is 25.8 Å². The van der Waals surface area contributed by atoms with Crippen molar-refractivity contribution in [2.24, 2.45) is 17.9 Å². The average molecular weight is 692 g/mol. The minimum Gasteiger partial charge on any atom is -0.496 e. The molecular weight excluding hydrogens is 638 g/mol. The van der Waals surface area contributed by atoms with Gasteiger partial charge in [0, 0.05) is 61.7 Å². The Balaban J connectivity index is 1.10. The van der Waals surface area contributed by atoms with E-state index in [1.54, 1.807) is 31.9 Å². The lowest BCUT2D eigenvalue weighted by Crippen LogP contribution is -2.60. The molecule has 270 valence electrons. The van der Waals surface area contributed by atoms with Crippen molar-refractivity contribution < 1.29 is 14.3 Å². The zero-order chi connectivity index (χ0) is 36.7. The number of carbonyl (C=O) groups excluding carboxylic acids is 1. The minimum atomic E-state index is -0.240. The maximum absolute atomic E-state index is 13.5. The number of ether oxygens (including phenoxy) is 2. The van der Waals surface area contributed by atoms with Gasteiger partial charge in [0.1, 0.15) is 23.1 Å². The Morgan fingerprint density at radius 3 is 2.29 bits per heavy atom. The molecule has 1 spiro atoms. The summed E-state index contributed by atoms with van der Waals surface area (Å²) < 4.78 is 13.5. The van der Waals surface area contributed by atoms with Crippen molar-refractivity contribution in [1.29, 1.82) is 5.26 Å². The maximum atomic E-state index is 13.5. The number of carbonyl (C=O) groups is 1. The summed E-state index contributed by atoms with van der Waals surface area (Å²) in [6.45, 7) is 15.4. The number of aromatic nitrogens is 1. The first-order valence-corrected chi connectivity index (χ1v) is 18.2. The molecule has 6 rings (SSSR count). The van der Waals surface area contributed by atoms with Crippen LogP contribution in [0.25, 0.3) is 11.1 Å². The molecule has 0 N–H and O–H groups in total. The van der Waals surface area contributed by atoms with Crippen LogP contribution in [0.15, 0.2) is 59.0 Å². The fourth-order valence-electron chi connectivity index (χ4n) is 8.25. The summed E-state index contributed by atoms with van der Waals surface area (Å²) in [4.78, 5) is 32.8. The second kappa shape index (κ2) is 14.2. The van der Waals surface area contributed by atoms with Gasteiger partial charge in [0.15, 0.2) is 0 Å². The van der Waals surface area contributed by atoms with Gasteiger partial charge >= 0.3 is 0 Å². The number of likely N-dealkylation sites (tertiary alicyclic amines) is 2. The first-order chi connectivity index (χ1) is 24.3. The van der Waals surface area contributed by atoms with Crippen LogP contribution in [0, 0.1) is 36.0 Å². The molecule has 3 aliphatic heterocycles. The summed E-state index contributed by atoms with van der Waals surface area (Å²) in [6, 6.07) is 15.0. The van der Waals surface area contributed by atoms with E-state index in [0.717, 1.165) is 103 Å². The van der Waals surface area contributed by atoms with Crippen LogP contribution in [0.5, 0.6) is 11.5 Å². The van der Waals surface area contributed by atoms with Gasteiger partial charge in [-0.1, -0.05) is 39.0 Å². The van der Waals surface area contributed by atoms with E-state index in [0.29, 0.717) is 12.0 Å². The number of anilines is 1. The Labute approximate surface area is 303 Å². The zero-order valence-corrected chi connectivity index (χ0v) is 31.6. The first kappa shape index (κ1) is 36.2. The largest absolute Gasteiger partial charge is 0.496 e. The molecule has 1 unspecified atom stereocenters. The van der Waals surface area contributed by atoms with Gasteiger partial charge in [0.25, 0.3) is 11.5 Å². The molecule has 2 aromatic carbocycles. The van der Waals surface area contributed by atoms with E-state index in [-0.39, 0.29) is 28.5 Å². The van der Waals surface area contributed by atoms with Gasteiger partial charge in [-0.3, -0.25) is 14.5 Å².